The molecule has 0 spiro atoms. The van der Waals surface area contributed by atoms with Crippen molar-refractivity contribution in [2.75, 3.05) is 19.5 Å². The van der Waals surface area contributed by atoms with Crippen LogP contribution in [0.15, 0.2) is 55.0 Å². The van der Waals surface area contributed by atoms with E-state index in [2.05, 4.69) is 10.6 Å². The Kier molecular flexibility index (Phi) is 6.96. The van der Waals surface area contributed by atoms with Gasteiger partial charge in [-0.2, -0.15) is 0 Å². The molecule has 224 valence electrons. The predicted octanol–water partition coefficient (Wildman–Crippen LogP) is 4.92. The zero-order valence-electron chi connectivity index (χ0n) is 24.3. The minimum atomic E-state index is -0.557. The van der Waals surface area contributed by atoms with E-state index in [0.717, 1.165) is 43.2 Å². The first-order chi connectivity index (χ1) is 20.8. The minimum Gasteiger partial charge on any atom is -0.493 e. The van der Waals surface area contributed by atoms with E-state index in [0.29, 0.717) is 58.2 Å². The number of fused-ring (bicyclic) bond motifs is 1. The van der Waals surface area contributed by atoms with Crippen molar-refractivity contribution >= 4 is 22.8 Å². The third-order valence-corrected chi connectivity index (χ3v) is 9.60. The lowest BCUT2D eigenvalue weighted by Gasteiger charge is -2.58. The van der Waals surface area contributed by atoms with Crippen LogP contribution in [0.2, 0.25) is 0 Å². The first-order valence-electron chi connectivity index (χ1n) is 14.9. The highest BCUT2D eigenvalue weighted by molar-refractivity contribution is 6.05. The molecule has 2 aromatic carbocycles. The number of nitrogens with zero attached hydrogens (tertiary/aromatic N) is 3. The van der Waals surface area contributed by atoms with Crippen molar-refractivity contribution < 1.29 is 23.8 Å². The molecule has 1 amide bonds. The highest BCUT2D eigenvalue weighted by Crippen LogP contribution is 2.56. The summed E-state index contributed by atoms with van der Waals surface area (Å²) in [4.78, 5) is 23.1. The molecular weight excluding hydrogens is 549 g/mol. The molecule has 9 nitrogen and oxygen atoms in total. The molecule has 43 heavy (non-hydrogen) atoms. The number of aromatic nitrogens is 3. The van der Waals surface area contributed by atoms with Crippen LogP contribution in [0.4, 0.5) is 10.1 Å². The molecule has 8 rings (SSSR count). The average Bonchev–Trinajstić information content (AvgIpc) is 3.40. The molecule has 2 atom stereocenters. The lowest BCUT2D eigenvalue weighted by Crippen LogP contribution is -2.59. The molecule has 10 heteroatoms. The Morgan fingerprint density at radius 1 is 1.02 bits per heavy atom. The summed E-state index contributed by atoms with van der Waals surface area (Å²) in [5.74, 6) is 1.94. The zero-order chi connectivity index (χ0) is 29.7. The molecule has 2 aromatic heterocycles. The molecule has 3 N–H and O–H groups in total. The van der Waals surface area contributed by atoms with Gasteiger partial charge in [-0.15, -0.1) is 0 Å². The number of amides is 1. The second-order valence-electron chi connectivity index (χ2n) is 12.5. The molecule has 4 saturated carbocycles. The number of pyridine rings is 1. The van der Waals surface area contributed by atoms with E-state index in [4.69, 9.17) is 19.4 Å². The molecule has 4 aromatic rings. The molecule has 2 heterocycles. The topological polar surface area (TPSA) is 111 Å². The minimum absolute atomic E-state index is 0.141. The van der Waals surface area contributed by atoms with Crippen LogP contribution < -0.4 is 20.1 Å². The van der Waals surface area contributed by atoms with E-state index in [1.807, 2.05) is 22.8 Å². The summed E-state index contributed by atoms with van der Waals surface area (Å²) in [6.07, 6.45) is 8.01. The summed E-state index contributed by atoms with van der Waals surface area (Å²) in [6, 6.07) is 12.0. The van der Waals surface area contributed by atoms with E-state index in [1.54, 1.807) is 38.9 Å². The zero-order valence-corrected chi connectivity index (χ0v) is 24.3. The number of methoxy groups -OCH3 is 2. The number of carbonyl (C=O) groups excluding carboxylic acids is 1. The van der Waals surface area contributed by atoms with Crippen molar-refractivity contribution in [3.05, 3.63) is 77.5 Å². The number of hydrogen-bond donors (Lipinski definition) is 3. The lowest BCUT2D eigenvalue weighted by atomic mass is 9.52. The Morgan fingerprint density at radius 2 is 1.74 bits per heavy atom. The monoisotopic (exact) mass is 585 g/mol. The van der Waals surface area contributed by atoms with Crippen LogP contribution in [0.1, 0.15) is 53.6 Å². The summed E-state index contributed by atoms with van der Waals surface area (Å²) in [7, 11) is 3.22. The molecule has 4 bridgehead atoms. The van der Waals surface area contributed by atoms with Gasteiger partial charge in [0, 0.05) is 18.8 Å². The van der Waals surface area contributed by atoms with Crippen LogP contribution in [0.5, 0.6) is 11.5 Å². The quantitative estimate of drug-likeness (QED) is 0.256. The maximum Gasteiger partial charge on any atom is 0.255 e. The predicted molar refractivity (Wildman–Crippen MR) is 160 cm³/mol. The fourth-order valence-corrected chi connectivity index (χ4v) is 7.88. The SMILES string of the molecule is COc1ccc(Cn2cnc3c(NC4C5CC6CC4CC(O)(C6)C5)c(C(=O)NCc4ccc(F)cc4)cnc32)cc1OC. The average molecular weight is 586 g/mol. The van der Waals surface area contributed by atoms with Gasteiger partial charge >= 0.3 is 0 Å². The summed E-state index contributed by atoms with van der Waals surface area (Å²) >= 11 is 0. The molecule has 4 aliphatic rings. The van der Waals surface area contributed by atoms with Crippen molar-refractivity contribution in [1.29, 1.82) is 0 Å². The van der Waals surface area contributed by atoms with Gasteiger partial charge in [0.1, 0.15) is 11.3 Å². The van der Waals surface area contributed by atoms with Crippen LogP contribution in [0.3, 0.4) is 0 Å². The lowest BCUT2D eigenvalue weighted by molar-refractivity contribution is -0.129. The number of imidazole rings is 1. The number of ether oxygens (including phenoxy) is 2. The van der Waals surface area contributed by atoms with Crippen molar-refractivity contribution in [1.82, 2.24) is 19.9 Å². The summed E-state index contributed by atoms with van der Waals surface area (Å²) in [5.41, 5.74) is 3.60. The molecule has 4 aliphatic carbocycles. The Morgan fingerprint density at radius 3 is 2.44 bits per heavy atom. The van der Waals surface area contributed by atoms with Gasteiger partial charge in [-0.05, 0) is 85.3 Å². The smallest absolute Gasteiger partial charge is 0.255 e. The Labute approximate surface area is 249 Å². The van der Waals surface area contributed by atoms with Crippen LogP contribution in [-0.4, -0.2) is 51.4 Å². The maximum atomic E-state index is 13.6. The van der Waals surface area contributed by atoms with Gasteiger partial charge in [0.05, 0.1) is 43.9 Å². The van der Waals surface area contributed by atoms with Gasteiger partial charge in [-0.1, -0.05) is 18.2 Å². The number of rotatable bonds is 9. The second-order valence-corrected chi connectivity index (χ2v) is 12.5. The van der Waals surface area contributed by atoms with Gasteiger partial charge in [0.15, 0.2) is 17.1 Å². The normalized spacial score (nSPS) is 25.6. The molecular formula is C33H36FN5O4. The Bertz CT molecular complexity index is 1660. The molecule has 0 radical (unpaired) electrons. The summed E-state index contributed by atoms with van der Waals surface area (Å²) < 4.78 is 26.2. The van der Waals surface area contributed by atoms with Crippen LogP contribution in [0, 0.1) is 23.6 Å². The highest BCUT2D eigenvalue weighted by atomic mass is 19.1. The third kappa shape index (κ3) is 5.18. The maximum absolute atomic E-state index is 13.6. The summed E-state index contributed by atoms with van der Waals surface area (Å²) in [5, 5.41) is 17.9. The number of halogens is 1. The van der Waals surface area contributed by atoms with E-state index in [-0.39, 0.29) is 24.3 Å². The Balaban J connectivity index is 1.22. The van der Waals surface area contributed by atoms with Crippen LogP contribution in [0.25, 0.3) is 11.2 Å². The van der Waals surface area contributed by atoms with Gasteiger partial charge in [-0.25, -0.2) is 14.4 Å². The van der Waals surface area contributed by atoms with E-state index in [1.165, 1.54) is 12.1 Å². The van der Waals surface area contributed by atoms with Crippen molar-refractivity contribution in [2.24, 2.45) is 17.8 Å². The number of anilines is 1. The summed E-state index contributed by atoms with van der Waals surface area (Å²) in [6.45, 7) is 0.760. The van der Waals surface area contributed by atoms with Gasteiger partial charge in [0.25, 0.3) is 5.91 Å². The van der Waals surface area contributed by atoms with Crippen LogP contribution >= 0.6 is 0 Å². The molecule has 4 fully saturated rings. The molecule has 0 saturated heterocycles. The Hall–Kier alpha value is -4.18. The molecule has 0 aliphatic heterocycles. The van der Waals surface area contributed by atoms with Gasteiger partial charge in [0.2, 0.25) is 0 Å². The third-order valence-electron chi connectivity index (χ3n) is 9.60. The van der Waals surface area contributed by atoms with Crippen molar-refractivity contribution in [3.63, 3.8) is 0 Å². The van der Waals surface area contributed by atoms with Crippen molar-refractivity contribution in [2.45, 2.75) is 56.8 Å². The van der Waals surface area contributed by atoms with Crippen molar-refractivity contribution in [3.8, 4) is 11.5 Å². The fourth-order valence-electron chi connectivity index (χ4n) is 7.88. The number of benzene rings is 2. The second kappa shape index (κ2) is 10.8. The van der Waals surface area contributed by atoms with Gasteiger partial charge < -0.3 is 29.8 Å². The van der Waals surface area contributed by atoms with E-state index >= 15 is 0 Å². The first-order valence-corrected chi connectivity index (χ1v) is 14.9. The highest BCUT2D eigenvalue weighted by Gasteiger charge is 2.55. The molecule has 2 unspecified atom stereocenters. The number of nitrogens with one attached hydrogen (secondary N) is 2. The van der Waals surface area contributed by atoms with Gasteiger partial charge in [-0.3, -0.25) is 4.79 Å². The largest absolute Gasteiger partial charge is 0.493 e. The number of hydrogen-bond acceptors (Lipinski definition) is 7. The standard InChI is InChI=1S/C33H36FN5O4/c1-42-26-8-5-20(11-27(26)43-2)17-39-18-37-30-29(38-28-22-9-21-10-23(28)14-33(41,12-21)13-22)25(16-35-31(30)39)32(40)36-15-19-3-6-24(34)7-4-19/h3-8,11,16,18,21-23,28,41H,9-10,12-15,17H2,1-2H3,(H,35,38)(H,36,40). The van der Waals surface area contributed by atoms with E-state index in [9.17, 15) is 14.3 Å². The van der Waals surface area contributed by atoms with Crippen LogP contribution in [-0.2, 0) is 13.1 Å². The number of carbonyl (C=O) groups is 1. The first kappa shape index (κ1) is 27.6. The van der Waals surface area contributed by atoms with E-state index < -0.39 is 5.60 Å². The number of aliphatic hydroxyl groups is 1. The fraction of sp³-hybridized carbons (Fsp3) is 0.424.